The van der Waals surface area contributed by atoms with Gasteiger partial charge in [0, 0.05) is 36.3 Å². The molecular weight excluding hydrogens is 537 g/mol. The fraction of sp³-hybridized carbons (Fsp3) is 0.233. The molecule has 3 N–H and O–H groups in total. The first-order valence-corrected chi connectivity index (χ1v) is 12.9. The number of fused-ring (bicyclic) bond motifs is 1. The van der Waals surface area contributed by atoms with Crippen LogP contribution in [0, 0.1) is 5.41 Å². The molecule has 8 nitrogen and oxygen atoms in total. The molecule has 0 saturated carbocycles. The highest BCUT2D eigenvalue weighted by molar-refractivity contribution is 5.96. The summed E-state index contributed by atoms with van der Waals surface area (Å²) in [5, 5.41) is 2.85. The predicted molar refractivity (Wildman–Crippen MR) is 145 cm³/mol. The van der Waals surface area contributed by atoms with Gasteiger partial charge < -0.3 is 25.1 Å². The van der Waals surface area contributed by atoms with Crippen LogP contribution in [0.25, 0.3) is 28.2 Å². The minimum absolute atomic E-state index is 0.0945. The molecule has 0 radical (unpaired) electrons. The maximum absolute atomic E-state index is 14.0. The fourth-order valence-electron chi connectivity index (χ4n) is 5.06. The number of amides is 2. The third kappa shape index (κ3) is 5.40. The third-order valence-electron chi connectivity index (χ3n) is 7.27. The van der Waals surface area contributed by atoms with Gasteiger partial charge in [0.05, 0.1) is 30.7 Å². The number of furan rings is 1. The molecule has 41 heavy (non-hydrogen) atoms. The maximum Gasteiger partial charge on any atom is 0.420 e. The van der Waals surface area contributed by atoms with E-state index in [0.717, 1.165) is 6.07 Å². The second-order valence-electron chi connectivity index (χ2n) is 10.5. The number of halogens is 3. The van der Waals surface area contributed by atoms with Gasteiger partial charge in [-0.2, -0.15) is 13.2 Å². The van der Waals surface area contributed by atoms with Gasteiger partial charge in [0.1, 0.15) is 17.2 Å². The molecule has 0 unspecified atom stereocenters. The number of nitrogens with one attached hydrogen (secondary N) is 1. The van der Waals surface area contributed by atoms with Crippen molar-refractivity contribution in [1.29, 1.82) is 0 Å². The van der Waals surface area contributed by atoms with Gasteiger partial charge in [-0.1, -0.05) is 12.1 Å². The van der Waals surface area contributed by atoms with E-state index in [1.54, 1.807) is 47.4 Å². The molecule has 4 heterocycles. The number of nitrogens with two attached hydrogens (primary N) is 1. The molecular formula is C30H25F3N4O4. The first kappa shape index (κ1) is 26.6. The summed E-state index contributed by atoms with van der Waals surface area (Å²) in [6.07, 6.45) is -0.342. The van der Waals surface area contributed by atoms with Crippen LogP contribution in [0.3, 0.4) is 0 Å². The summed E-state index contributed by atoms with van der Waals surface area (Å²) in [5.74, 6) is -0.0429. The molecule has 11 heteroatoms. The Morgan fingerprint density at radius 1 is 1.05 bits per heavy atom. The molecule has 2 fully saturated rings. The zero-order chi connectivity index (χ0) is 28.8. The van der Waals surface area contributed by atoms with Crippen LogP contribution in [0.15, 0.2) is 71.3 Å². The highest BCUT2D eigenvalue weighted by Crippen LogP contribution is 2.40. The summed E-state index contributed by atoms with van der Waals surface area (Å²) in [6.45, 7) is 2.53. The van der Waals surface area contributed by atoms with E-state index in [1.807, 2.05) is 0 Å². The number of carbonyl (C=O) groups is 2. The van der Waals surface area contributed by atoms with Crippen LogP contribution in [0.4, 0.5) is 19.0 Å². The van der Waals surface area contributed by atoms with Gasteiger partial charge in [0.25, 0.3) is 5.91 Å². The number of nitrogen functional groups attached to an aromatic ring is 1. The Balaban J connectivity index is 1.18. The summed E-state index contributed by atoms with van der Waals surface area (Å²) in [6, 6.07) is 13.9. The number of aromatic nitrogens is 1. The quantitative estimate of drug-likeness (QED) is 0.324. The molecule has 2 amide bonds. The Labute approximate surface area is 232 Å². The van der Waals surface area contributed by atoms with E-state index in [1.165, 1.54) is 24.4 Å². The van der Waals surface area contributed by atoms with Crippen LogP contribution in [0.2, 0.25) is 0 Å². The van der Waals surface area contributed by atoms with Crippen molar-refractivity contribution in [2.45, 2.75) is 12.7 Å². The molecule has 2 aliphatic rings. The third-order valence-corrected chi connectivity index (χ3v) is 7.27. The summed E-state index contributed by atoms with van der Waals surface area (Å²) in [4.78, 5) is 30.7. The average Bonchev–Trinajstić information content (AvgIpc) is 3.32. The number of nitrogens with zero attached hydrogens (tertiary/aromatic N) is 2. The van der Waals surface area contributed by atoms with Crippen molar-refractivity contribution in [3.8, 4) is 11.1 Å². The van der Waals surface area contributed by atoms with Gasteiger partial charge >= 0.3 is 6.18 Å². The molecule has 2 aliphatic heterocycles. The van der Waals surface area contributed by atoms with E-state index >= 15 is 0 Å². The van der Waals surface area contributed by atoms with Crippen molar-refractivity contribution < 1.29 is 31.9 Å². The lowest BCUT2D eigenvalue weighted by atomic mass is 9.78. The number of hydrogen-bond donors (Lipinski definition) is 2. The van der Waals surface area contributed by atoms with E-state index in [2.05, 4.69) is 10.3 Å². The lowest BCUT2D eigenvalue weighted by Crippen LogP contribution is -2.67. The van der Waals surface area contributed by atoms with Crippen molar-refractivity contribution in [3.63, 3.8) is 0 Å². The van der Waals surface area contributed by atoms with E-state index in [4.69, 9.17) is 14.9 Å². The molecule has 0 bridgehead atoms. The number of anilines is 1. The maximum atomic E-state index is 14.0. The minimum atomic E-state index is -4.67. The molecule has 2 aromatic carbocycles. The van der Waals surface area contributed by atoms with Crippen LogP contribution in [-0.4, -0.2) is 48.0 Å². The standard InChI is InChI=1S/C30H25F3N4O4/c31-30(32,33)24-11-21(19-3-5-20(6-4-19)28(39)37-14-29(15-37)16-40-17-29)9-22-10-23(41-27(22)24)13-36-26(38)8-2-18-1-7-25(34)35-12-18/h1-12H,13-17H2,(H2,34,35)(H,36,38). The number of ether oxygens (including phenoxy) is 1. The lowest BCUT2D eigenvalue weighted by molar-refractivity contribution is -0.176. The van der Waals surface area contributed by atoms with Crippen molar-refractivity contribution in [1.82, 2.24) is 15.2 Å². The monoisotopic (exact) mass is 562 g/mol. The summed E-state index contributed by atoms with van der Waals surface area (Å²) in [5.41, 5.74) is 6.39. The molecule has 6 rings (SSSR count). The van der Waals surface area contributed by atoms with Crippen LogP contribution in [-0.2, 0) is 22.3 Å². The number of benzene rings is 2. The van der Waals surface area contributed by atoms with E-state index < -0.39 is 17.6 Å². The minimum Gasteiger partial charge on any atom is -0.459 e. The molecule has 1 spiro atoms. The number of carbonyl (C=O) groups excluding carboxylic acids is 2. The molecule has 0 aliphatic carbocycles. The second kappa shape index (κ2) is 10.1. The van der Waals surface area contributed by atoms with Gasteiger partial charge in [0.2, 0.25) is 5.91 Å². The molecule has 4 aromatic rings. The normalized spacial score (nSPS) is 16.1. The fourth-order valence-corrected chi connectivity index (χ4v) is 5.06. The predicted octanol–water partition coefficient (Wildman–Crippen LogP) is 4.90. The number of likely N-dealkylation sites (tertiary alicyclic amines) is 1. The van der Waals surface area contributed by atoms with Crippen molar-refractivity contribution in [2.24, 2.45) is 5.41 Å². The summed E-state index contributed by atoms with van der Waals surface area (Å²) < 4.78 is 52.8. The Kier molecular flexibility index (Phi) is 6.53. The van der Waals surface area contributed by atoms with Gasteiger partial charge in [-0.05, 0) is 65.2 Å². The van der Waals surface area contributed by atoms with Gasteiger partial charge in [-0.3, -0.25) is 9.59 Å². The van der Waals surface area contributed by atoms with Gasteiger partial charge in [-0.25, -0.2) is 4.98 Å². The topological polar surface area (TPSA) is 111 Å². The molecule has 210 valence electrons. The lowest BCUT2D eigenvalue weighted by Gasteiger charge is -2.54. The molecule has 2 saturated heterocycles. The highest BCUT2D eigenvalue weighted by Gasteiger charge is 2.50. The van der Waals surface area contributed by atoms with Crippen LogP contribution in [0.5, 0.6) is 0 Å². The molecule has 0 atom stereocenters. The molecule has 2 aromatic heterocycles. The number of rotatable bonds is 6. The van der Waals surface area contributed by atoms with Crippen LogP contribution >= 0.6 is 0 Å². The number of pyridine rings is 1. The summed E-state index contributed by atoms with van der Waals surface area (Å²) >= 11 is 0. The smallest absolute Gasteiger partial charge is 0.420 e. The van der Waals surface area contributed by atoms with Gasteiger partial charge in [-0.15, -0.1) is 0 Å². The van der Waals surface area contributed by atoms with Crippen LogP contribution in [0.1, 0.15) is 27.2 Å². The van der Waals surface area contributed by atoms with Crippen molar-refractivity contribution >= 4 is 34.7 Å². The SMILES string of the molecule is Nc1ccc(C=CC(=O)NCc2cc3cc(-c4ccc(C(=O)N5CC6(COC6)C5)cc4)cc(C(F)(F)F)c3o2)cn1. The van der Waals surface area contributed by atoms with E-state index in [0.29, 0.717) is 54.4 Å². The number of hydrogen-bond acceptors (Lipinski definition) is 6. The second-order valence-corrected chi connectivity index (χ2v) is 10.5. The Bertz CT molecular complexity index is 1650. The van der Waals surface area contributed by atoms with Gasteiger partial charge in [0.15, 0.2) is 0 Å². The van der Waals surface area contributed by atoms with Crippen LogP contribution < -0.4 is 11.1 Å². The highest BCUT2D eigenvalue weighted by atomic mass is 19.4. The van der Waals surface area contributed by atoms with Crippen molar-refractivity contribution in [2.75, 3.05) is 32.0 Å². The number of alkyl halides is 3. The first-order valence-electron chi connectivity index (χ1n) is 12.9. The van der Waals surface area contributed by atoms with E-state index in [9.17, 15) is 22.8 Å². The zero-order valence-corrected chi connectivity index (χ0v) is 21.7. The summed E-state index contributed by atoms with van der Waals surface area (Å²) in [7, 11) is 0. The zero-order valence-electron chi connectivity index (χ0n) is 21.7. The average molecular weight is 563 g/mol. The Morgan fingerprint density at radius 2 is 1.80 bits per heavy atom. The Morgan fingerprint density at radius 3 is 2.44 bits per heavy atom. The largest absolute Gasteiger partial charge is 0.459 e. The first-order chi connectivity index (χ1) is 19.6. The Hall–Kier alpha value is -4.64. The van der Waals surface area contributed by atoms with E-state index in [-0.39, 0.29) is 34.6 Å². The van der Waals surface area contributed by atoms with Crippen molar-refractivity contribution in [3.05, 3.63) is 89.3 Å².